The highest BCUT2D eigenvalue weighted by molar-refractivity contribution is 6.56. The van der Waals surface area contributed by atoms with Crippen LogP contribution in [0.5, 0.6) is 0 Å². The molecule has 0 saturated heterocycles. The van der Waals surface area contributed by atoms with E-state index in [4.69, 9.17) is 0 Å². The summed E-state index contributed by atoms with van der Waals surface area (Å²) in [6.07, 6.45) is 6.29. The second-order valence-electron chi connectivity index (χ2n) is 9.51. The van der Waals surface area contributed by atoms with Gasteiger partial charge in [0.25, 0.3) is 0 Å². The summed E-state index contributed by atoms with van der Waals surface area (Å²) in [5.41, 5.74) is 9.25. The lowest BCUT2D eigenvalue weighted by molar-refractivity contribution is 0.680. The summed E-state index contributed by atoms with van der Waals surface area (Å²) in [5, 5.41) is 0. The van der Waals surface area contributed by atoms with Crippen molar-refractivity contribution in [1.29, 1.82) is 0 Å². The van der Waals surface area contributed by atoms with E-state index in [1.807, 2.05) is 0 Å². The second-order valence-corrected chi connectivity index (χ2v) is 9.51. The molecule has 1 heteroatoms. The molecule has 0 radical (unpaired) electrons. The van der Waals surface area contributed by atoms with Gasteiger partial charge in [-0.15, -0.1) is 0 Å². The zero-order valence-corrected chi connectivity index (χ0v) is 18.6. The number of hydrogen-bond acceptors (Lipinski definition) is 0. The predicted molar refractivity (Wildman–Crippen MR) is 120 cm³/mol. The Morgan fingerprint density at radius 3 is 1.81 bits per heavy atom. The number of rotatable bonds is 6. The Kier molecular flexibility index (Phi) is 7.00. The standard InChI is InChI=1S/C25H39B/c1-15(2)21-11-10-20(13-23(21)17(5)6)26-25-14-24(18(7)8)22(16(3)4)12-19(25)9/h11-18,20,26H,10H2,1-9H3. The first-order chi connectivity index (χ1) is 12.1. The van der Waals surface area contributed by atoms with E-state index in [1.54, 1.807) is 22.2 Å². The third-order valence-electron chi connectivity index (χ3n) is 5.90. The van der Waals surface area contributed by atoms with Crippen molar-refractivity contribution in [2.75, 3.05) is 0 Å². The van der Waals surface area contributed by atoms with Crippen molar-refractivity contribution in [3.8, 4) is 0 Å². The van der Waals surface area contributed by atoms with Crippen LogP contribution in [0.25, 0.3) is 0 Å². The highest BCUT2D eigenvalue weighted by Crippen LogP contribution is 2.35. The maximum absolute atomic E-state index is 2.59. The first kappa shape index (κ1) is 21.1. The third kappa shape index (κ3) is 4.73. The largest absolute Gasteiger partial charge is 0.165 e. The lowest BCUT2D eigenvalue weighted by Gasteiger charge is -2.27. The lowest BCUT2D eigenvalue weighted by Crippen LogP contribution is -2.25. The fourth-order valence-corrected chi connectivity index (χ4v) is 4.35. The average Bonchev–Trinajstić information content (AvgIpc) is 2.55. The molecule has 0 bridgehead atoms. The Morgan fingerprint density at radius 2 is 1.31 bits per heavy atom. The molecule has 1 atom stereocenters. The Balaban J connectivity index is 2.33. The topological polar surface area (TPSA) is 0 Å². The lowest BCUT2D eigenvalue weighted by atomic mass is 9.54. The summed E-state index contributed by atoms with van der Waals surface area (Å²) in [4.78, 5) is 0. The number of allylic oxidation sites excluding steroid dienone is 4. The van der Waals surface area contributed by atoms with E-state index in [2.05, 4.69) is 86.6 Å². The monoisotopic (exact) mass is 350 g/mol. The van der Waals surface area contributed by atoms with E-state index in [0.29, 0.717) is 29.5 Å². The summed E-state index contributed by atoms with van der Waals surface area (Å²) in [6.45, 7) is 20.9. The van der Waals surface area contributed by atoms with Crippen LogP contribution in [0.15, 0.2) is 35.4 Å². The van der Waals surface area contributed by atoms with Crippen LogP contribution in [0, 0.1) is 18.8 Å². The van der Waals surface area contributed by atoms with Crippen molar-refractivity contribution in [2.45, 2.75) is 86.4 Å². The average molecular weight is 350 g/mol. The quantitative estimate of drug-likeness (QED) is 0.503. The summed E-state index contributed by atoms with van der Waals surface area (Å²) in [5.74, 6) is 3.07. The normalized spacial score (nSPS) is 18.0. The molecule has 0 heterocycles. The summed E-state index contributed by atoms with van der Waals surface area (Å²) < 4.78 is 0. The molecule has 0 amide bonds. The van der Waals surface area contributed by atoms with Crippen molar-refractivity contribution in [3.63, 3.8) is 0 Å². The Bertz CT molecular complexity index is 686. The van der Waals surface area contributed by atoms with E-state index >= 15 is 0 Å². The minimum absolute atomic E-state index is 0.590. The molecule has 0 fully saturated rings. The van der Waals surface area contributed by atoms with Gasteiger partial charge in [0, 0.05) is 0 Å². The molecule has 1 aromatic carbocycles. The fraction of sp³-hybridized carbons (Fsp3) is 0.600. The first-order valence-corrected chi connectivity index (χ1v) is 10.7. The molecule has 0 N–H and O–H groups in total. The van der Waals surface area contributed by atoms with Crippen LogP contribution in [-0.2, 0) is 0 Å². The molecule has 0 saturated carbocycles. The van der Waals surface area contributed by atoms with Gasteiger partial charge in [-0.3, -0.25) is 0 Å². The van der Waals surface area contributed by atoms with Crippen LogP contribution in [-0.4, -0.2) is 7.28 Å². The number of hydrogen-bond donors (Lipinski definition) is 0. The van der Waals surface area contributed by atoms with E-state index in [-0.39, 0.29) is 0 Å². The van der Waals surface area contributed by atoms with Crippen LogP contribution in [0.1, 0.15) is 90.3 Å². The molecular formula is C25H39B. The molecule has 1 aromatic rings. The second kappa shape index (κ2) is 8.64. The van der Waals surface area contributed by atoms with Gasteiger partial charge in [0.2, 0.25) is 0 Å². The Morgan fingerprint density at radius 1 is 0.769 bits per heavy atom. The molecule has 1 aliphatic rings. The molecule has 1 unspecified atom stereocenters. The zero-order valence-electron chi connectivity index (χ0n) is 18.6. The molecule has 2 rings (SSSR count). The molecule has 142 valence electrons. The van der Waals surface area contributed by atoms with Gasteiger partial charge in [-0.25, -0.2) is 0 Å². The van der Waals surface area contributed by atoms with Gasteiger partial charge in [0.1, 0.15) is 0 Å². The molecule has 1 aliphatic carbocycles. The van der Waals surface area contributed by atoms with Gasteiger partial charge in [-0.2, -0.15) is 0 Å². The molecule has 0 aliphatic heterocycles. The van der Waals surface area contributed by atoms with Crippen LogP contribution in [0.3, 0.4) is 0 Å². The smallest absolute Gasteiger partial charge is 0.0845 e. The van der Waals surface area contributed by atoms with Crippen molar-refractivity contribution < 1.29 is 0 Å². The molecule has 0 aromatic heterocycles. The number of benzene rings is 1. The van der Waals surface area contributed by atoms with Crippen LogP contribution in [0.4, 0.5) is 0 Å². The van der Waals surface area contributed by atoms with Crippen molar-refractivity contribution >= 4 is 12.7 Å². The molecular weight excluding hydrogens is 311 g/mol. The summed E-state index contributed by atoms with van der Waals surface area (Å²) >= 11 is 0. The molecule has 26 heavy (non-hydrogen) atoms. The van der Waals surface area contributed by atoms with Gasteiger partial charge in [0.05, 0.1) is 0 Å². The predicted octanol–water partition coefficient (Wildman–Crippen LogP) is 6.66. The molecule has 0 nitrogen and oxygen atoms in total. The van der Waals surface area contributed by atoms with Crippen molar-refractivity contribution in [1.82, 2.24) is 0 Å². The van der Waals surface area contributed by atoms with Gasteiger partial charge >= 0.3 is 0 Å². The van der Waals surface area contributed by atoms with Gasteiger partial charge in [-0.1, -0.05) is 90.7 Å². The zero-order chi connectivity index (χ0) is 19.6. The minimum atomic E-state index is 0.590. The fourth-order valence-electron chi connectivity index (χ4n) is 4.35. The van der Waals surface area contributed by atoms with Crippen molar-refractivity contribution in [3.05, 3.63) is 52.1 Å². The van der Waals surface area contributed by atoms with Crippen LogP contribution in [0.2, 0.25) is 5.82 Å². The Hall–Kier alpha value is -1.24. The summed E-state index contributed by atoms with van der Waals surface area (Å²) in [7, 11) is 1.17. The van der Waals surface area contributed by atoms with Gasteiger partial charge in [-0.05, 0) is 65.1 Å². The van der Waals surface area contributed by atoms with Crippen LogP contribution >= 0.6 is 0 Å². The van der Waals surface area contributed by atoms with Gasteiger partial charge < -0.3 is 0 Å². The first-order valence-electron chi connectivity index (χ1n) is 10.7. The number of aryl methyl sites for hydroxylation is 1. The Labute approximate surface area is 163 Å². The summed E-state index contributed by atoms with van der Waals surface area (Å²) in [6, 6.07) is 4.97. The third-order valence-corrected chi connectivity index (χ3v) is 5.90. The maximum atomic E-state index is 2.59. The van der Waals surface area contributed by atoms with Crippen molar-refractivity contribution in [2.24, 2.45) is 11.8 Å². The highest BCUT2D eigenvalue weighted by Gasteiger charge is 2.22. The SMILES string of the molecule is Cc1cc(C(C)C)c(C(C)C)cc1BC1C=C(C(C)C)C(C(C)C)=CC1. The van der Waals surface area contributed by atoms with Gasteiger partial charge in [0.15, 0.2) is 7.28 Å². The van der Waals surface area contributed by atoms with E-state index in [1.165, 1.54) is 24.8 Å². The van der Waals surface area contributed by atoms with Crippen LogP contribution < -0.4 is 5.46 Å². The van der Waals surface area contributed by atoms with E-state index in [0.717, 1.165) is 0 Å². The van der Waals surface area contributed by atoms with E-state index < -0.39 is 0 Å². The highest BCUT2D eigenvalue weighted by atomic mass is 14.2. The molecule has 0 spiro atoms. The maximum Gasteiger partial charge on any atom is 0.165 e. The minimum Gasteiger partial charge on any atom is -0.0845 e. The van der Waals surface area contributed by atoms with E-state index in [9.17, 15) is 0 Å².